The molecule has 0 radical (unpaired) electrons. The number of carbonyl (C=O) groups is 1. The predicted octanol–water partition coefficient (Wildman–Crippen LogP) is 0.911. The van der Waals surface area contributed by atoms with Crippen molar-refractivity contribution >= 4 is 17.0 Å². The van der Waals surface area contributed by atoms with Crippen LogP contribution in [-0.2, 0) is 13.6 Å². The van der Waals surface area contributed by atoms with Crippen molar-refractivity contribution in [1.82, 2.24) is 24.3 Å². The topological polar surface area (TPSA) is 85.8 Å². The summed E-state index contributed by atoms with van der Waals surface area (Å²) in [6.45, 7) is 0.428. The Labute approximate surface area is 108 Å². The number of carboxylic acid groups (broad SMARTS) is 1. The smallest absolute Gasteiger partial charge is 0.337 e. The summed E-state index contributed by atoms with van der Waals surface area (Å²) in [7, 11) is 1.84. The van der Waals surface area contributed by atoms with E-state index in [9.17, 15) is 9.90 Å². The molecule has 0 bridgehead atoms. The van der Waals surface area contributed by atoms with Crippen LogP contribution in [0.5, 0.6) is 0 Å². The van der Waals surface area contributed by atoms with Crippen LogP contribution in [0.1, 0.15) is 16.2 Å². The lowest BCUT2D eigenvalue weighted by molar-refractivity contribution is 0.0698. The standard InChI is InChI=1S/C12H11N5O2/c1-16-7-14-15-10(16)5-17-6-13-9-4-2-3-8(11(9)17)12(18)19/h2-4,6-7H,5H2,1H3,(H,18,19). The molecule has 2 heterocycles. The molecule has 0 saturated heterocycles. The van der Waals surface area contributed by atoms with Gasteiger partial charge in [-0.1, -0.05) is 6.07 Å². The molecule has 7 nitrogen and oxygen atoms in total. The minimum atomic E-state index is -0.967. The van der Waals surface area contributed by atoms with Gasteiger partial charge in [-0.3, -0.25) is 0 Å². The molecule has 3 rings (SSSR count). The van der Waals surface area contributed by atoms with E-state index in [1.807, 2.05) is 7.05 Å². The number of aromatic nitrogens is 5. The summed E-state index contributed by atoms with van der Waals surface area (Å²) in [5, 5.41) is 17.0. The van der Waals surface area contributed by atoms with Crippen molar-refractivity contribution in [2.24, 2.45) is 7.05 Å². The zero-order valence-electron chi connectivity index (χ0n) is 10.2. The van der Waals surface area contributed by atoms with Gasteiger partial charge in [0.05, 0.1) is 29.5 Å². The summed E-state index contributed by atoms with van der Waals surface area (Å²) >= 11 is 0. The zero-order chi connectivity index (χ0) is 13.4. The molecule has 0 aliphatic heterocycles. The van der Waals surface area contributed by atoms with Crippen LogP contribution in [0.4, 0.5) is 0 Å². The summed E-state index contributed by atoms with van der Waals surface area (Å²) < 4.78 is 3.55. The fourth-order valence-corrected chi connectivity index (χ4v) is 2.02. The van der Waals surface area contributed by atoms with Crippen molar-refractivity contribution in [2.45, 2.75) is 6.54 Å². The molecule has 0 fully saturated rings. The number of imidazole rings is 1. The predicted molar refractivity (Wildman–Crippen MR) is 66.8 cm³/mol. The zero-order valence-corrected chi connectivity index (χ0v) is 10.2. The first-order chi connectivity index (χ1) is 9.16. The normalized spacial score (nSPS) is 11.0. The number of nitrogens with zero attached hydrogens (tertiary/aromatic N) is 5. The largest absolute Gasteiger partial charge is 0.478 e. The molecule has 1 aromatic carbocycles. The maximum absolute atomic E-state index is 11.3. The number of fused-ring (bicyclic) bond motifs is 1. The van der Waals surface area contributed by atoms with Gasteiger partial charge in [0.2, 0.25) is 0 Å². The minimum Gasteiger partial charge on any atom is -0.478 e. The van der Waals surface area contributed by atoms with Gasteiger partial charge in [0.15, 0.2) is 5.82 Å². The third-order valence-corrected chi connectivity index (χ3v) is 2.99. The number of aryl methyl sites for hydroxylation is 1. The lowest BCUT2D eigenvalue weighted by atomic mass is 10.2. The third-order valence-electron chi connectivity index (χ3n) is 2.99. The molecule has 19 heavy (non-hydrogen) atoms. The highest BCUT2D eigenvalue weighted by Gasteiger charge is 2.14. The minimum absolute atomic E-state index is 0.233. The lowest BCUT2D eigenvalue weighted by Crippen LogP contribution is -2.07. The second-order valence-corrected chi connectivity index (χ2v) is 4.21. The maximum atomic E-state index is 11.3. The Morgan fingerprint density at radius 2 is 2.21 bits per heavy atom. The molecule has 0 saturated carbocycles. The fraction of sp³-hybridized carbons (Fsp3) is 0.167. The molecular formula is C12H11N5O2. The van der Waals surface area contributed by atoms with E-state index in [4.69, 9.17) is 0 Å². The highest BCUT2D eigenvalue weighted by molar-refractivity contribution is 6.01. The SMILES string of the molecule is Cn1cnnc1Cn1cnc2cccc(C(=O)O)c21. The third kappa shape index (κ3) is 1.85. The highest BCUT2D eigenvalue weighted by Crippen LogP contribution is 2.18. The molecular weight excluding hydrogens is 246 g/mol. The molecule has 7 heteroatoms. The van der Waals surface area contributed by atoms with E-state index >= 15 is 0 Å². The van der Waals surface area contributed by atoms with Crippen LogP contribution in [-0.4, -0.2) is 35.4 Å². The lowest BCUT2D eigenvalue weighted by Gasteiger charge is -2.05. The average Bonchev–Trinajstić information content (AvgIpc) is 2.97. The van der Waals surface area contributed by atoms with Crippen molar-refractivity contribution in [1.29, 1.82) is 0 Å². The van der Waals surface area contributed by atoms with E-state index in [0.717, 1.165) is 5.82 Å². The number of hydrogen-bond donors (Lipinski definition) is 1. The number of carboxylic acids is 1. The van der Waals surface area contributed by atoms with Crippen LogP contribution in [0.2, 0.25) is 0 Å². The Morgan fingerprint density at radius 3 is 2.89 bits per heavy atom. The van der Waals surface area contributed by atoms with E-state index in [2.05, 4.69) is 15.2 Å². The van der Waals surface area contributed by atoms with Crippen LogP contribution < -0.4 is 0 Å². The van der Waals surface area contributed by atoms with Crippen LogP contribution in [0.15, 0.2) is 30.9 Å². The van der Waals surface area contributed by atoms with Gasteiger partial charge >= 0.3 is 5.97 Å². The Morgan fingerprint density at radius 1 is 1.37 bits per heavy atom. The van der Waals surface area contributed by atoms with Gasteiger partial charge in [-0.15, -0.1) is 10.2 Å². The van der Waals surface area contributed by atoms with Crippen LogP contribution >= 0.6 is 0 Å². The van der Waals surface area contributed by atoms with Gasteiger partial charge in [0.25, 0.3) is 0 Å². The molecule has 2 aromatic heterocycles. The van der Waals surface area contributed by atoms with Gasteiger partial charge < -0.3 is 14.2 Å². The number of aromatic carboxylic acids is 1. The van der Waals surface area contributed by atoms with Crippen molar-refractivity contribution in [2.75, 3.05) is 0 Å². The van der Waals surface area contributed by atoms with Crippen LogP contribution in [0, 0.1) is 0 Å². The van der Waals surface area contributed by atoms with Crippen molar-refractivity contribution in [3.63, 3.8) is 0 Å². The first-order valence-corrected chi connectivity index (χ1v) is 5.67. The quantitative estimate of drug-likeness (QED) is 0.753. The van der Waals surface area contributed by atoms with Gasteiger partial charge in [0, 0.05) is 7.05 Å². The van der Waals surface area contributed by atoms with Gasteiger partial charge in [-0.2, -0.15) is 0 Å². The Balaban J connectivity index is 2.14. The second-order valence-electron chi connectivity index (χ2n) is 4.21. The maximum Gasteiger partial charge on any atom is 0.337 e. The first-order valence-electron chi connectivity index (χ1n) is 5.67. The monoisotopic (exact) mass is 257 g/mol. The second kappa shape index (κ2) is 4.20. The Kier molecular flexibility index (Phi) is 2.52. The summed E-state index contributed by atoms with van der Waals surface area (Å²) in [5.74, 6) is -0.232. The number of para-hydroxylation sites is 1. The van der Waals surface area contributed by atoms with E-state index in [0.29, 0.717) is 17.6 Å². The molecule has 96 valence electrons. The van der Waals surface area contributed by atoms with E-state index in [1.54, 1.807) is 40.0 Å². The number of rotatable bonds is 3. The average molecular weight is 257 g/mol. The van der Waals surface area contributed by atoms with E-state index in [1.165, 1.54) is 0 Å². The molecule has 0 atom stereocenters. The molecule has 3 aromatic rings. The van der Waals surface area contributed by atoms with Crippen LogP contribution in [0.3, 0.4) is 0 Å². The molecule has 1 N–H and O–H groups in total. The van der Waals surface area contributed by atoms with Crippen molar-refractivity contribution in [3.05, 3.63) is 42.2 Å². The molecule has 0 unspecified atom stereocenters. The Bertz CT molecular complexity index is 758. The van der Waals surface area contributed by atoms with Crippen LogP contribution in [0.25, 0.3) is 11.0 Å². The van der Waals surface area contributed by atoms with Gasteiger partial charge in [0.1, 0.15) is 6.33 Å². The van der Waals surface area contributed by atoms with Gasteiger partial charge in [-0.05, 0) is 12.1 Å². The summed E-state index contributed by atoms with van der Waals surface area (Å²) in [6.07, 6.45) is 3.22. The molecule has 0 aliphatic carbocycles. The number of hydrogen-bond acceptors (Lipinski definition) is 4. The summed E-state index contributed by atoms with van der Waals surface area (Å²) in [5.41, 5.74) is 1.48. The molecule has 0 amide bonds. The summed E-state index contributed by atoms with van der Waals surface area (Å²) in [4.78, 5) is 15.5. The van der Waals surface area contributed by atoms with Crippen molar-refractivity contribution < 1.29 is 9.90 Å². The highest BCUT2D eigenvalue weighted by atomic mass is 16.4. The fourth-order valence-electron chi connectivity index (χ4n) is 2.02. The summed E-state index contributed by atoms with van der Waals surface area (Å²) in [6, 6.07) is 5.04. The van der Waals surface area contributed by atoms with E-state index < -0.39 is 5.97 Å². The van der Waals surface area contributed by atoms with E-state index in [-0.39, 0.29) is 5.56 Å². The molecule has 0 aliphatic rings. The van der Waals surface area contributed by atoms with Gasteiger partial charge in [-0.25, -0.2) is 9.78 Å². The number of benzene rings is 1. The Hall–Kier alpha value is -2.70. The first kappa shape index (κ1) is 11.4. The van der Waals surface area contributed by atoms with Crippen molar-refractivity contribution in [3.8, 4) is 0 Å². The molecule has 0 spiro atoms.